The monoisotopic (exact) mass is 381 g/mol. The van der Waals surface area contributed by atoms with E-state index in [4.69, 9.17) is 5.26 Å². The van der Waals surface area contributed by atoms with Crippen LogP contribution in [0.15, 0.2) is 35.5 Å². The molecule has 140 valence electrons. The Morgan fingerprint density at radius 3 is 2.81 bits per heavy atom. The largest absolute Gasteiger partial charge is 0.342 e. The molecule has 1 unspecified atom stereocenters. The van der Waals surface area contributed by atoms with Crippen molar-refractivity contribution in [2.75, 3.05) is 18.8 Å². The number of benzene rings is 1. The molecule has 2 heterocycles. The molecule has 0 spiro atoms. The van der Waals surface area contributed by atoms with Crippen molar-refractivity contribution in [3.05, 3.63) is 42.0 Å². The van der Waals surface area contributed by atoms with Crippen LogP contribution in [0.1, 0.15) is 55.5 Å². The number of amides is 1. The molecular formula is C20H23N5OS. The van der Waals surface area contributed by atoms with Crippen LogP contribution in [-0.2, 0) is 4.79 Å². The van der Waals surface area contributed by atoms with E-state index in [-0.39, 0.29) is 5.91 Å². The third-order valence-electron chi connectivity index (χ3n) is 5.25. The highest BCUT2D eigenvalue weighted by atomic mass is 32.2. The molecule has 1 amide bonds. The number of nitrogens with zero attached hydrogens (tertiary/aromatic N) is 5. The maximum absolute atomic E-state index is 12.7. The zero-order chi connectivity index (χ0) is 18.6. The van der Waals surface area contributed by atoms with Crippen LogP contribution in [0.2, 0.25) is 0 Å². The van der Waals surface area contributed by atoms with Gasteiger partial charge >= 0.3 is 0 Å². The minimum absolute atomic E-state index is 0.221. The van der Waals surface area contributed by atoms with Crippen molar-refractivity contribution in [1.29, 1.82) is 5.26 Å². The van der Waals surface area contributed by atoms with Gasteiger partial charge in [0.15, 0.2) is 0 Å². The maximum atomic E-state index is 12.7. The summed E-state index contributed by atoms with van der Waals surface area (Å²) in [5.74, 6) is 2.33. The van der Waals surface area contributed by atoms with Gasteiger partial charge in [-0.15, -0.1) is 22.0 Å². The van der Waals surface area contributed by atoms with Gasteiger partial charge in [-0.1, -0.05) is 0 Å². The average Bonchev–Trinajstić information content (AvgIpc) is 3.44. The second-order valence-electron chi connectivity index (χ2n) is 7.24. The molecule has 4 rings (SSSR count). The lowest BCUT2D eigenvalue weighted by atomic mass is 9.97. The molecule has 1 saturated heterocycles. The third-order valence-corrected chi connectivity index (χ3v) is 6.26. The predicted molar refractivity (Wildman–Crippen MR) is 103 cm³/mol. The number of carbonyl (C=O) groups is 1. The van der Waals surface area contributed by atoms with Crippen LogP contribution >= 0.6 is 11.8 Å². The highest BCUT2D eigenvalue weighted by molar-refractivity contribution is 7.99. The molecule has 0 bridgehead atoms. The van der Waals surface area contributed by atoms with Gasteiger partial charge in [0.1, 0.15) is 12.2 Å². The summed E-state index contributed by atoms with van der Waals surface area (Å²) >= 11 is 1.66. The number of hydrogen-bond acceptors (Lipinski definition) is 5. The number of carbonyl (C=O) groups excluding carboxylic acids is 1. The van der Waals surface area contributed by atoms with Crippen molar-refractivity contribution in [1.82, 2.24) is 19.7 Å². The summed E-state index contributed by atoms with van der Waals surface area (Å²) in [4.78, 5) is 15.8. The Balaban J connectivity index is 1.29. The number of rotatable bonds is 6. The average molecular weight is 382 g/mol. The summed E-state index contributed by atoms with van der Waals surface area (Å²) < 4.78 is 2.22. The van der Waals surface area contributed by atoms with Crippen molar-refractivity contribution in [2.24, 2.45) is 0 Å². The fourth-order valence-corrected chi connectivity index (χ4v) is 4.47. The van der Waals surface area contributed by atoms with Crippen molar-refractivity contribution in [2.45, 2.75) is 49.0 Å². The molecule has 2 fully saturated rings. The SMILES string of the molecule is N#Cc1ccc(SCCC(=O)N2CCCC(c3nncn3C3CC3)C2)cc1. The Labute approximate surface area is 163 Å². The van der Waals surface area contributed by atoms with E-state index in [1.54, 1.807) is 11.8 Å². The molecular weight excluding hydrogens is 358 g/mol. The van der Waals surface area contributed by atoms with Gasteiger partial charge < -0.3 is 9.47 Å². The second kappa shape index (κ2) is 8.13. The van der Waals surface area contributed by atoms with E-state index in [1.807, 2.05) is 35.5 Å². The summed E-state index contributed by atoms with van der Waals surface area (Å²) in [6.07, 6.45) is 6.92. The molecule has 1 aliphatic heterocycles. The van der Waals surface area contributed by atoms with Gasteiger partial charge in [0.2, 0.25) is 5.91 Å². The topological polar surface area (TPSA) is 74.8 Å². The van der Waals surface area contributed by atoms with Crippen LogP contribution in [0.25, 0.3) is 0 Å². The standard InChI is InChI=1S/C20H23N5OS/c21-12-15-3-7-18(8-4-15)27-11-9-19(26)24-10-1-2-16(13-24)20-23-22-14-25(20)17-5-6-17/h3-4,7-8,14,16-17H,1-2,5-6,9-11,13H2. The Kier molecular flexibility index (Phi) is 5.44. The first-order valence-corrected chi connectivity index (χ1v) is 10.5. The quantitative estimate of drug-likeness (QED) is 0.717. The lowest BCUT2D eigenvalue weighted by molar-refractivity contribution is -0.132. The molecule has 1 aromatic carbocycles. The summed E-state index contributed by atoms with van der Waals surface area (Å²) in [5, 5.41) is 17.3. The van der Waals surface area contributed by atoms with E-state index in [9.17, 15) is 4.79 Å². The van der Waals surface area contributed by atoms with Crippen LogP contribution in [0.3, 0.4) is 0 Å². The number of nitriles is 1. The Bertz CT molecular complexity index is 837. The molecule has 1 aliphatic carbocycles. The van der Waals surface area contributed by atoms with E-state index >= 15 is 0 Å². The van der Waals surface area contributed by atoms with Gasteiger partial charge in [0, 0.05) is 42.1 Å². The first kappa shape index (κ1) is 18.1. The fourth-order valence-electron chi connectivity index (χ4n) is 3.63. The minimum Gasteiger partial charge on any atom is -0.342 e. The summed E-state index contributed by atoms with van der Waals surface area (Å²) in [7, 11) is 0. The lowest BCUT2D eigenvalue weighted by Gasteiger charge is -2.32. The van der Waals surface area contributed by atoms with E-state index in [2.05, 4.69) is 20.8 Å². The molecule has 1 atom stereocenters. The van der Waals surface area contributed by atoms with Crippen molar-refractivity contribution >= 4 is 17.7 Å². The predicted octanol–water partition coefficient (Wildman–Crippen LogP) is 3.37. The van der Waals surface area contributed by atoms with Gasteiger partial charge in [-0.3, -0.25) is 4.79 Å². The van der Waals surface area contributed by atoms with Crippen molar-refractivity contribution < 1.29 is 4.79 Å². The molecule has 27 heavy (non-hydrogen) atoms. The molecule has 0 radical (unpaired) electrons. The van der Waals surface area contributed by atoms with Gasteiger partial charge in [0.25, 0.3) is 0 Å². The summed E-state index contributed by atoms with van der Waals surface area (Å²) in [6, 6.07) is 10.2. The normalized spacial score (nSPS) is 19.7. The van der Waals surface area contributed by atoms with Crippen LogP contribution in [0, 0.1) is 11.3 Å². The fraction of sp³-hybridized carbons (Fsp3) is 0.500. The molecule has 6 nitrogen and oxygen atoms in total. The number of piperidine rings is 1. The Morgan fingerprint density at radius 1 is 1.26 bits per heavy atom. The van der Waals surface area contributed by atoms with E-state index < -0.39 is 0 Å². The Morgan fingerprint density at radius 2 is 2.07 bits per heavy atom. The van der Waals surface area contributed by atoms with E-state index in [0.29, 0.717) is 23.9 Å². The van der Waals surface area contributed by atoms with Crippen molar-refractivity contribution in [3.8, 4) is 6.07 Å². The van der Waals surface area contributed by atoms with Crippen LogP contribution in [-0.4, -0.2) is 44.4 Å². The molecule has 2 aromatic rings. The zero-order valence-electron chi connectivity index (χ0n) is 15.3. The lowest BCUT2D eigenvalue weighted by Crippen LogP contribution is -2.39. The first-order chi connectivity index (χ1) is 13.2. The van der Waals surface area contributed by atoms with E-state index in [1.165, 1.54) is 12.8 Å². The highest BCUT2D eigenvalue weighted by Crippen LogP contribution is 2.38. The van der Waals surface area contributed by atoms with Crippen molar-refractivity contribution in [3.63, 3.8) is 0 Å². The number of thioether (sulfide) groups is 1. The number of aromatic nitrogens is 3. The van der Waals surface area contributed by atoms with Gasteiger partial charge in [0.05, 0.1) is 11.6 Å². The maximum Gasteiger partial charge on any atom is 0.223 e. The molecule has 1 aromatic heterocycles. The van der Waals surface area contributed by atoms with Crippen LogP contribution in [0.4, 0.5) is 0 Å². The third kappa shape index (κ3) is 4.33. The second-order valence-corrected chi connectivity index (χ2v) is 8.41. The summed E-state index contributed by atoms with van der Waals surface area (Å²) in [5.41, 5.74) is 0.661. The van der Waals surface area contributed by atoms with Gasteiger partial charge in [-0.25, -0.2) is 0 Å². The van der Waals surface area contributed by atoms with Gasteiger partial charge in [-0.05, 0) is 49.9 Å². The van der Waals surface area contributed by atoms with E-state index in [0.717, 1.165) is 42.4 Å². The number of likely N-dealkylation sites (tertiary alicyclic amines) is 1. The molecule has 0 N–H and O–H groups in total. The van der Waals surface area contributed by atoms with Gasteiger partial charge in [-0.2, -0.15) is 5.26 Å². The minimum atomic E-state index is 0.221. The molecule has 2 aliphatic rings. The molecule has 7 heteroatoms. The highest BCUT2D eigenvalue weighted by Gasteiger charge is 2.32. The molecule has 1 saturated carbocycles. The van der Waals surface area contributed by atoms with Crippen LogP contribution in [0.5, 0.6) is 0 Å². The first-order valence-electron chi connectivity index (χ1n) is 9.54. The van der Waals surface area contributed by atoms with Crippen LogP contribution < -0.4 is 0 Å². The number of hydrogen-bond donors (Lipinski definition) is 0. The zero-order valence-corrected chi connectivity index (χ0v) is 16.1. The summed E-state index contributed by atoms with van der Waals surface area (Å²) in [6.45, 7) is 1.60. The Hall–Kier alpha value is -2.33. The smallest absolute Gasteiger partial charge is 0.223 e.